The number of benzene rings is 2. The van der Waals surface area contributed by atoms with Gasteiger partial charge >= 0.3 is 5.97 Å². The average Bonchev–Trinajstić information content (AvgIpc) is 2.96. The molecule has 0 atom stereocenters. The molecule has 4 rings (SSSR count). The Balaban J connectivity index is 1.83. The number of esters is 1. The zero-order valence-electron chi connectivity index (χ0n) is 14.6. The molecule has 1 aliphatic carbocycles. The van der Waals surface area contributed by atoms with Gasteiger partial charge in [0.1, 0.15) is 0 Å². The maximum Gasteiger partial charge on any atom is 0.338 e. The molecular formula is C22H23NO2. The van der Waals surface area contributed by atoms with Crippen LogP contribution in [0.15, 0.2) is 48.5 Å². The van der Waals surface area contributed by atoms with Gasteiger partial charge in [-0.3, -0.25) is 0 Å². The summed E-state index contributed by atoms with van der Waals surface area (Å²) >= 11 is 0. The smallest absolute Gasteiger partial charge is 0.338 e. The second-order valence-electron chi connectivity index (χ2n) is 6.66. The van der Waals surface area contributed by atoms with Crippen molar-refractivity contribution in [3.63, 3.8) is 0 Å². The van der Waals surface area contributed by atoms with E-state index in [0.29, 0.717) is 12.2 Å². The Morgan fingerprint density at radius 1 is 1.08 bits per heavy atom. The minimum absolute atomic E-state index is 0.232. The monoisotopic (exact) mass is 333 g/mol. The summed E-state index contributed by atoms with van der Waals surface area (Å²) in [6, 6.07) is 16.6. The second-order valence-corrected chi connectivity index (χ2v) is 6.66. The van der Waals surface area contributed by atoms with Crippen LogP contribution in [0.25, 0.3) is 10.9 Å². The molecule has 1 heterocycles. The molecule has 0 bridgehead atoms. The predicted octanol–water partition coefficient (Wildman–Crippen LogP) is 4.75. The van der Waals surface area contributed by atoms with Gasteiger partial charge in [-0.25, -0.2) is 4.79 Å². The van der Waals surface area contributed by atoms with Gasteiger partial charge < -0.3 is 9.30 Å². The Morgan fingerprint density at radius 3 is 2.68 bits per heavy atom. The molecule has 3 nitrogen and oxygen atoms in total. The normalized spacial score (nSPS) is 13.6. The number of aryl methyl sites for hydroxylation is 1. The van der Waals surface area contributed by atoms with Crippen molar-refractivity contribution in [2.24, 2.45) is 0 Å². The average molecular weight is 333 g/mol. The van der Waals surface area contributed by atoms with Crippen LogP contribution in [0.4, 0.5) is 0 Å². The molecule has 0 spiro atoms. The summed E-state index contributed by atoms with van der Waals surface area (Å²) in [6.07, 6.45) is 4.68. The maximum atomic E-state index is 12.1. The fourth-order valence-electron chi connectivity index (χ4n) is 3.92. The number of hydrogen-bond donors (Lipinski definition) is 0. The SMILES string of the molecule is CCOC(=O)c1ccc2c(c1)c1c(n2Cc2ccccc2)CCCC1. The molecule has 0 amide bonds. The maximum absolute atomic E-state index is 12.1. The van der Waals surface area contributed by atoms with Gasteiger partial charge in [0.2, 0.25) is 0 Å². The van der Waals surface area contributed by atoms with Crippen molar-refractivity contribution < 1.29 is 9.53 Å². The molecule has 3 heteroatoms. The molecule has 128 valence electrons. The van der Waals surface area contributed by atoms with E-state index in [-0.39, 0.29) is 5.97 Å². The molecule has 0 saturated heterocycles. The number of fused-ring (bicyclic) bond motifs is 3. The van der Waals surface area contributed by atoms with E-state index in [1.165, 1.54) is 40.6 Å². The quantitative estimate of drug-likeness (QED) is 0.646. The number of ether oxygens (including phenoxy) is 1. The predicted molar refractivity (Wildman–Crippen MR) is 100 cm³/mol. The summed E-state index contributed by atoms with van der Waals surface area (Å²) in [4.78, 5) is 12.1. The van der Waals surface area contributed by atoms with Crippen LogP contribution in [0.1, 0.15) is 46.9 Å². The molecule has 2 aromatic carbocycles. The first-order valence-electron chi connectivity index (χ1n) is 9.13. The van der Waals surface area contributed by atoms with Gasteiger partial charge in [0, 0.05) is 23.1 Å². The lowest BCUT2D eigenvalue weighted by atomic mass is 9.95. The first-order chi connectivity index (χ1) is 12.3. The summed E-state index contributed by atoms with van der Waals surface area (Å²) in [5.41, 5.74) is 6.04. The summed E-state index contributed by atoms with van der Waals surface area (Å²) in [5, 5.41) is 1.22. The highest BCUT2D eigenvalue weighted by Gasteiger charge is 2.21. The number of carbonyl (C=O) groups excluding carboxylic acids is 1. The highest BCUT2D eigenvalue weighted by atomic mass is 16.5. The zero-order chi connectivity index (χ0) is 17.2. The molecule has 1 aromatic heterocycles. The Morgan fingerprint density at radius 2 is 1.88 bits per heavy atom. The number of rotatable bonds is 4. The van der Waals surface area contributed by atoms with Crippen molar-refractivity contribution in [2.45, 2.75) is 39.2 Å². The van der Waals surface area contributed by atoms with Crippen LogP contribution in [0, 0.1) is 0 Å². The minimum Gasteiger partial charge on any atom is -0.462 e. The molecule has 0 aliphatic heterocycles. The van der Waals surface area contributed by atoms with Crippen molar-refractivity contribution in [3.8, 4) is 0 Å². The molecule has 0 fully saturated rings. The van der Waals surface area contributed by atoms with Gasteiger partial charge in [0.05, 0.1) is 12.2 Å². The van der Waals surface area contributed by atoms with E-state index < -0.39 is 0 Å². The van der Waals surface area contributed by atoms with E-state index in [2.05, 4.69) is 41.0 Å². The highest BCUT2D eigenvalue weighted by molar-refractivity contribution is 5.96. The summed E-state index contributed by atoms with van der Waals surface area (Å²) in [7, 11) is 0. The van der Waals surface area contributed by atoms with Gasteiger partial charge in [-0.1, -0.05) is 30.3 Å². The van der Waals surface area contributed by atoms with Crippen LogP contribution in [0.2, 0.25) is 0 Å². The summed E-state index contributed by atoms with van der Waals surface area (Å²) in [5.74, 6) is -0.232. The third kappa shape index (κ3) is 2.95. The first kappa shape index (κ1) is 15.9. The molecule has 0 radical (unpaired) electrons. The van der Waals surface area contributed by atoms with E-state index in [4.69, 9.17) is 4.74 Å². The molecule has 0 unspecified atom stereocenters. The number of carbonyl (C=O) groups is 1. The largest absolute Gasteiger partial charge is 0.462 e. The molecule has 3 aromatic rings. The molecule has 0 saturated carbocycles. The van der Waals surface area contributed by atoms with Gasteiger partial charge in [-0.05, 0) is 61.9 Å². The Hall–Kier alpha value is -2.55. The van der Waals surface area contributed by atoms with E-state index >= 15 is 0 Å². The van der Waals surface area contributed by atoms with Gasteiger partial charge in [0.15, 0.2) is 0 Å². The van der Waals surface area contributed by atoms with Crippen LogP contribution in [0.3, 0.4) is 0 Å². The van der Waals surface area contributed by atoms with E-state index in [9.17, 15) is 4.79 Å². The topological polar surface area (TPSA) is 31.2 Å². The fraction of sp³-hybridized carbons (Fsp3) is 0.318. The fourth-order valence-corrected chi connectivity index (χ4v) is 3.92. The van der Waals surface area contributed by atoms with E-state index in [1.807, 2.05) is 19.1 Å². The first-order valence-corrected chi connectivity index (χ1v) is 9.13. The van der Waals surface area contributed by atoms with Crippen LogP contribution in [-0.4, -0.2) is 17.1 Å². The zero-order valence-corrected chi connectivity index (χ0v) is 14.6. The standard InChI is InChI=1S/C22H23NO2/c1-2-25-22(24)17-12-13-21-19(14-17)18-10-6-7-11-20(18)23(21)15-16-8-4-3-5-9-16/h3-5,8-9,12-14H,2,6-7,10-11,15H2,1H3. The van der Waals surface area contributed by atoms with Crippen LogP contribution in [0.5, 0.6) is 0 Å². The Bertz CT molecular complexity index is 909. The van der Waals surface area contributed by atoms with Crippen LogP contribution in [-0.2, 0) is 24.1 Å². The molecular weight excluding hydrogens is 310 g/mol. The Kier molecular flexibility index (Phi) is 4.31. The van der Waals surface area contributed by atoms with Crippen LogP contribution < -0.4 is 0 Å². The van der Waals surface area contributed by atoms with Crippen molar-refractivity contribution >= 4 is 16.9 Å². The number of aromatic nitrogens is 1. The van der Waals surface area contributed by atoms with Crippen LogP contribution >= 0.6 is 0 Å². The second kappa shape index (κ2) is 6.75. The minimum atomic E-state index is -0.232. The van der Waals surface area contributed by atoms with E-state index in [0.717, 1.165) is 19.4 Å². The lowest BCUT2D eigenvalue weighted by Gasteiger charge is -2.16. The summed E-state index contributed by atoms with van der Waals surface area (Å²) in [6.45, 7) is 3.13. The van der Waals surface area contributed by atoms with Gasteiger partial charge in [-0.2, -0.15) is 0 Å². The Labute approximate surface area is 148 Å². The number of nitrogens with zero attached hydrogens (tertiary/aromatic N) is 1. The lowest BCUT2D eigenvalue weighted by Crippen LogP contribution is -2.09. The van der Waals surface area contributed by atoms with Gasteiger partial charge in [-0.15, -0.1) is 0 Å². The van der Waals surface area contributed by atoms with Gasteiger partial charge in [0.25, 0.3) is 0 Å². The number of hydrogen-bond acceptors (Lipinski definition) is 2. The third-order valence-electron chi connectivity index (χ3n) is 5.07. The van der Waals surface area contributed by atoms with E-state index in [1.54, 1.807) is 0 Å². The molecule has 0 N–H and O–H groups in total. The lowest BCUT2D eigenvalue weighted by molar-refractivity contribution is 0.0526. The third-order valence-corrected chi connectivity index (χ3v) is 5.07. The molecule has 1 aliphatic rings. The van der Waals surface area contributed by atoms with Crippen molar-refractivity contribution in [2.75, 3.05) is 6.61 Å². The van der Waals surface area contributed by atoms with Crippen molar-refractivity contribution in [3.05, 3.63) is 70.9 Å². The molecule has 25 heavy (non-hydrogen) atoms. The summed E-state index contributed by atoms with van der Waals surface area (Å²) < 4.78 is 7.62. The highest BCUT2D eigenvalue weighted by Crippen LogP contribution is 2.33. The van der Waals surface area contributed by atoms with Crippen molar-refractivity contribution in [1.82, 2.24) is 4.57 Å². The van der Waals surface area contributed by atoms with Crippen molar-refractivity contribution in [1.29, 1.82) is 0 Å².